The molecule has 1 heterocycles. The summed E-state index contributed by atoms with van der Waals surface area (Å²) < 4.78 is 1.83. The highest BCUT2D eigenvalue weighted by Crippen LogP contribution is 2.24. The Hall–Kier alpha value is -2.16. The standard InChI is InChI=1S/C16H18N2O/c1-11(2)15(19)16-17-10-14(18(16)12(3)4)13-8-6-5-7-9-13/h5-11H,3H2,1-2,4H3. The maximum absolute atomic E-state index is 12.2. The average molecular weight is 254 g/mol. The molecular formula is C16H18N2O. The van der Waals surface area contributed by atoms with Gasteiger partial charge in [-0.25, -0.2) is 4.98 Å². The van der Waals surface area contributed by atoms with Crippen molar-refractivity contribution in [1.29, 1.82) is 0 Å². The Labute approximate surface area is 113 Å². The van der Waals surface area contributed by atoms with E-state index in [9.17, 15) is 4.79 Å². The van der Waals surface area contributed by atoms with Crippen LogP contribution >= 0.6 is 0 Å². The van der Waals surface area contributed by atoms with E-state index in [1.54, 1.807) is 6.20 Å². The van der Waals surface area contributed by atoms with Crippen LogP contribution in [0.1, 0.15) is 31.4 Å². The highest BCUT2D eigenvalue weighted by Gasteiger charge is 2.20. The van der Waals surface area contributed by atoms with Crippen molar-refractivity contribution >= 4 is 11.5 Å². The van der Waals surface area contributed by atoms with Crippen molar-refractivity contribution in [3.8, 4) is 11.3 Å². The van der Waals surface area contributed by atoms with Crippen molar-refractivity contribution in [2.45, 2.75) is 20.8 Å². The molecule has 0 radical (unpaired) electrons. The van der Waals surface area contributed by atoms with Crippen LogP contribution in [0, 0.1) is 5.92 Å². The number of aromatic nitrogens is 2. The summed E-state index contributed by atoms with van der Waals surface area (Å²) in [4.78, 5) is 16.5. The van der Waals surface area contributed by atoms with Crippen molar-refractivity contribution in [2.75, 3.05) is 0 Å². The first-order valence-electron chi connectivity index (χ1n) is 6.35. The fourth-order valence-corrected chi connectivity index (χ4v) is 1.98. The molecular weight excluding hydrogens is 236 g/mol. The second-order valence-corrected chi connectivity index (χ2v) is 4.92. The highest BCUT2D eigenvalue weighted by atomic mass is 16.1. The number of imidazole rings is 1. The lowest BCUT2D eigenvalue weighted by molar-refractivity contribution is 0.0927. The van der Waals surface area contributed by atoms with Gasteiger partial charge in [0, 0.05) is 17.2 Å². The number of ketones is 1. The zero-order valence-electron chi connectivity index (χ0n) is 11.6. The average Bonchev–Trinajstić information content (AvgIpc) is 2.83. The number of hydrogen-bond acceptors (Lipinski definition) is 2. The van der Waals surface area contributed by atoms with Gasteiger partial charge in [0.05, 0.1) is 11.9 Å². The summed E-state index contributed by atoms with van der Waals surface area (Å²) in [6.45, 7) is 9.59. The molecule has 0 spiro atoms. The van der Waals surface area contributed by atoms with E-state index in [4.69, 9.17) is 0 Å². The molecule has 0 amide bonds. The molecule has 0 fully saturated rings. The van der Waals surface area contributed by atoms with Crippen LogP contribution in [0.15, 0.2) is 43.1 Å². The molecule has 19 heavy (non-hydrogen) atoms. The summed E-state index contributed by atoms with van der Waals surface area (Å²) in [6.07, 6.45) is 1.74. The lowest BCUT2D eigenvalue weighted by Crippen LogP contribution is -2.14. The highest BCUT2D eigenvalue weighted by molar-refractivity contribution is 5.96. The first kappa shape index (κ1) is 13.3. The number of carbonyl (C=O) groups is 1. The first-order chi connectivity index (χ1) is 9.02. The Morgan fingerprint density at radius 1 is 1.26 bits per heavy atom. The van der Waals surface area contributed by atoms with Crippen molar-refractivity contribution < 1.29 is 4.79 Å². The Morgan fingerprint density at radius 3 is 2.42 bits per heavy atom. The van der Waals surface area contributed by atoms with Crippen molar-refractivity contribution in [2.24, 2.45) is 5.92 Å². The van der Waals surface area contributed by atoms with E-state index in [2.05, 4.69) is 11.6 Å². The fraction of sp³-hybridized carbons (Fsp3) is 0.250. The quantitative estimate of drug-likeness (QED) is 0.776. The van der Waals surface area contributed by atoms with Crippen LogP contribution in [-0.2, 0) is 0 Å². The molecule has 0 aliphatic carbocycles. The molecule has 3 heteroatoms. The van der Waals surface area contributed by atoms with E-state index >= 15 is 0 Å². The largest absolute Gasteiger partial charge is 0.295 e. The van der Waals surface area contributed by atoms with Crippen molar-refractivity contribution in [3.05, 3.63) is 48.9 Å². The van der Waals surface area contributed by atoms with E-state index in [1.807, 2.05) is 55.7 Å². The Morgan fingerprint density at radius 2 is 1.89 bits per heavy atom. The normalized spacial score (nSPS) is 10.7. The summed E-state index contributed by atoms with van der Waals surface area (Å²) in [5, 5.41) is 0. The summed E-state index contributed by atoms with van der Waals surface area (Å²) in [7, 11) is 0. The van der Waals surface area contributed by atoms with Gasteiger partial charge in [-0.1, -0.05) is 50.8 Å². The van der Waals surface area contributed by atoms with Gasteiger partial charge < -0.3 is 0 Å². The summed E-state index contributed by atoms with van der Waals surface area (Å²) >= 11 is 0. The lowest BCUT2D eigenvalue weighted by Gasteiger charge is -2.12. The fourth-order valence-electron chi connectivity index (χ4n) is 1.98. The Bertz CT molecular complexity index is 609. The third-order valence-corrected chi connectivity index (χ3v) is 2.96. The summed E-state index contributed by atoms with van der Waals surface area (Å²) in [6, 6.07) is 9.90. The molecule has 1 aromatic carbocycles. The molecule has 0 unspecified atom stereocenters. The third kappa shape index (κ3) is 2.50. The monoisotopic (exact) mass is 254 g/mol. The Kier molecular flexibility index (Phi) is 3.65. The number of benzene rings is 1. The van der Waals surface area contributed by atoms with Crippen LogP contribution < -0.4 is 0 Å². The van der Waals surface area contributed by atoms with Gasteiger partial charge in [0.2, 0.25) is 5.78 Å². The number of allylic oxidation sites excluding steroid dienone is 1. The number of Topliss-reactive ketones (excluding diaryl/α,β-unsaturated/α-hetero) is 1. The Balaban J connectivity index is 2.59. The topological polar surface area (TPSA) is 34.9 Å². The van der Waals surface area contributed by atoms with Gasteiger partial charge in [-0.2, -0.15) is 0 Å². The van der Waals surface area contributed by atoms with E-state index in [1.165, 1.54) is 0 Å². The molecule has 0 aliphatic heterocycles. The van der Waals surface area contributed by atoms with Crippen LogP contribution in [0.25, 0.3) is 17.0 Å². The molecule has 98 valence electrons. The van der Waals surface area contributed by atoms with Gasteiger partial charge in [0.1, 0.15) is 0 Å². The van der Waals surface area contributed by atoms with E-state index in [0.717, 1.165) is 17.0 Å². The second kappa shape index (κ2) is 5.22. The SMILES string of the molecule is C=C(C)n1c(-c2ccccc2)cnc1C(=O)C(C)C. The minimum atomic E-state index is -0.0795. The van der Waals surface area contributed by atoms with Crippen LogP contribution in [0.4, 0.5) is 0 Å². The molecule has 3 nitrogen and oxygen atoms in total. The van der Waals surface area contributed by atoms with Gasteiger partial charge in [-0.3, -0.25) is 9.36 Å². The molecule has 0 saturated carbocycles. The second-order valence-electron chi connectivity index (χ2n) is 4.92. The molecule has 0 N–H and O–H groups in total. The molecule has 0 atom stereocenters. The number of carbonyl (C=O) groups excluding carboxylic acids is 1. The number of nitrogens with zero attached hydrogens (tertiary/aromatic N) is 2. The van der Waals surface area contributed by atoms with Crippen LogP contribution in [0.2, 0.25) is 0 Å². The third-order valence-electron chi connectivity index (χ3n) is 2.96. The number of hydrogen-bond donors (Lipinski definition) is 0. The van der Waals surface area contributed by atoms with Crippen molar-refractivity contribution in [3.63, 3.8) is 0 Å². The molecule has 2 aromatic rings. The molecule has 1 aromatic heterocycles. The number of rotatable bonds is 4. The smallest absolute Gasteiger partial charge is 0.201 e. The summed E-state index contributed by atoms with van der Waals surface area (Å²) in [5.74, 6) is 0.413. The molecule has 0 aliphatic rings. The van der Waals surface area contributed by atoms with E-state index in [-0.39, 0.29) is 11.7 Å². The van der Waals surface area contributed by atoms with Gasteiger partial charge in [0.25, 0.3) is 0 Å². The van der Waals surface area contributed by atoms with Gasteiger partial charge >= 0.3 is 0 Å². The van der Waals surface area contributed by atoms with Crippen LogP contribution in [-0.4, -0.2) is 15.3 Å². The maximum atomic E-state index is 12.2. The van der Waals surface area contributed by atoms with E-state index in [0.29, 0.717) is 5.82 Å². The van der Waals surface area contributed by atoms with Gasteiger partial charge in [-0.15, -0.1) is 0 Å². The predicted molar refractivity (Wildman–Crippen MR) is 77.8 cm³/mol. The maximum Gasteiger partial charge on any atom is 0.201 e. The zero-order chi connectivity index (χ0) is 14.0. The van der Waals surface area contributed by atoms with Crippen molar-refractivity contribution in [1.82, 2.24) is 9.55 Å². The lowest BCUT2D eigenvalue weighted by atomic mass is 10.1. The summed E-state index contributed by atoms with van der Waals surface area (Å²) in [5.41, 5.74) is 2.72. The van der Waals surface area contributed by atoms with E-state index < -0.39 is 0 Å². The minimum Gasteiger partial charge on any atom is -0.295 e. The minimum absolute atomic E-state index is 0.0326. The predicted octanol–water partition coefficient (Wildman–Crippen LogP) is 3.88. The van der Waals surface area contributed by atoms with Crippen LogP contribution in [0.3, 0.4) is 0 Å². The van der Waals surface area contributed by atoms with Crippen LogP contribution in [0.5, 0.6) is 0 Å². The molecule has 0 bridgehead atoms. The zero-order valence-corrected chi connectivity index (χ0v) is 11.6. The molecule has 0 saturated heterocycles. The van der Waals surface area contributed by atoms with Gasteiger partial charge in [-0.05, 0) is 6.92 Å². The van der Waals surface area contributed by atoms with Gasteiger partial charge in [0.15, 0.2) is 5.82 Å². The first-order valence-corrected chi connectivity index (χ1v) is 6.35. The molecule has 2 rings (SSSR count).